The zero-order valence-electron chi connectivity index (χ0n) is 7.57. The molecule has 1 aromatic heterocycles. The lowest BCUT2D eigenvalue weighted by atomic mass is 9.99. The van der Waals surface area contributed by atoms with Gasteiger partial charge in [-0.1, -0.05) is 6.07 Å². The zero-order valence-corrected chi connectivity index (χ0v) is 8.39. The van der Waals surface area contributed by atoms with E-state index in [2.05, 4.69) is 11.1 Å². The lowest BCUT2D eigenvalue weighted by Gasteiger charge is -2.08. The van der Waals surface area contributed by atoms with Gasteiger partial charge >= 0.3 is 0 Å². The Morgan fingerprint density at radius 1 is 1.54 bits per heavy atom. The van der Waals surface area contributed by atoms with E-state index in [1.807, 2.05) is 24.2 Å². The first-order chi connectivity index (χ1) is 6.40. The fraction of sp³-hybridized carbons (Fsp3) is 0.500. The summed E-state index contributed by atoms with van der Waals surface area (Å²) >= 11 is 2.03. The Bertz CT molecular complexity index is 282. The summed E-state index contributed by atoms with van der Waals surface area (Å²) in [4.78, 5) is 4.21. The SMILES string of the molecule is NCc1cncc(C2CCSC2)c1. The van der Waals surface area contributed by atoms with Crippen LogP contribution in [-0.2, 0) is 6.54 Å². The van der Waals surface area contributed by atoms with E-state index >= 15 is 0 Å². The van der Waals surface area contributed by atoms with Gasteiger partial charge in [0.15, 0.2) is 0 Å². The Balaban J connectivity index is 2.18. The van der Waals surface area contributed by atoms with E-state index in [0.717, 1.165) is 5.56 Å². The van der Waals surface area contributed by atoms with Gasteiger partial charge in [-0.05, 0) is 29.2 Å². The minimum atomic E-state index is 0.598. The van der Waals surface area contributed by atoms with Crippen molar-refractivity contribution in [3.05, 3.63) is 29.6 Å². The van der Waals surface area contributed by atoms with E-state index in [1.54, 1.807) is 0 Å². The van der Waals surface area contributed by atoms with Gasteiger partial charge in [0.1, 0.15) is 0 Å². The second-order valence-electron chi connectivity index (χ2n) is 3.39. The first-order valence-electron chi connectivity index (χ1n) is 4.62. The van der Waals surface area contributed by atoms with E-state index < -0.39 is 0 Å². The molecule has 2 rings (SSSR count). The van der Waals surface area contributed by atoms with E-state index in [9.17, 15) is 0 Å². The number of hydrogen-bond acceptors (Lipinski definition) is 3. The molecule has 1 aromatic rings. The third-order valence-electron chi connectivity index (χ3n) is 2.45. The van der Waals surface area contributed by atoms with E-state index in [-0.39, 0.29) is 0 Å². The van der Waals surface area contributed by atoms with Gasteiger partial charge in [0.25, 0.3) is 0 Å². The molecule has 1 unspecified atom stereocenters. The molecule has 0 bridgehead atoms. The molecule has 70 valence electrons. The summed E-state index contributed by atoms with van der Waals surface area (Å²) < 4.78 is 0. The van der Waals surface area contributed by atoms with Crippen LogP contribution < -0.4 is 5.73 Å². The van der Waals surface area contributed by atoms with E-state index in [1.165, 1.54) is 23.5 Å². The van der Waals surface area contributed by atoms with Crippen molar-refractivity contribution in [2.75, 3.05) is 11.5 Å². The maximum atomic E-state index is 5.57. The molecule has 0 aliphatic carbocycles. The molecule has 1 atom stereocenters. The van der Waals surface area contributed by atoms with Crippen LogP contribution in [0.2, 0.25) is 0 Å². The molecule has 13 heavy (non-hydrogen) atoms. The van der Waals surface area contributed by atoms with Gasteiger partial charge in [0, 0.05) is 24.7 Å². The predicted molar refractivity (Wildman–Crippen MR) is 56.8 cm³/mol. The third-order valence-corrected chi connectivity index (χ3v) is 3.62. The molecule has 1 aliphatic heterocycles. The van der Waals surface area contributed by atoms with Gasteiger partial charge in [-0.25, -0.2) is 0 Å². The van der Waals surface area contributed by atoms with Gasteiger partial charge in [-0.2, -0.15) is 11.8 Å². The topological polar surface area (TPSA) is 38.9 Å². The summed E-state index contributed by atoms with van der Waals surface area (Å²) in [5.41, 5.74) is 8.09. The second kappa shape index (κ2) is 4.11. The van der Waals surface area contributed by atoms with Crippen LogP contribution in [0, 0.1) is 0 Å². The highest BCUT2D eigenvalue weighted by Gasteiger charge is 2.17. The predicted octanol–water partition coefficient (Wildman–Crippen LogP) is 1.76. The molecule has 0 radical (unpaired) electrons. The molecule has 1 saturated heterocycles. The minimum absolute atomic E-state index is 0.598. The molecule has 1 fully saturated rings. The van der Waals surface area contributed by atoms with Crippen molar-refractivity contribution in [2.45, 2.75) is 18.9 Å². The van der Waals surface area contributed by atoms with Crippen LogP contribution in [0.5, 0.6) is 0 Å². The number of nitrogens with zero attached hydrogens (tertiary/aromatic N) is 1. The summed E-state index contributed by atoms with van der Waals surface area (Å²) in [5.74, 6) is 3.25. The van der Waals surface area contributed by atoms with Gasteiger partial charge < -0.3 is 5.73 Å². The summed E-state index contributed by atoms with van der Waals surface area (Å²) in [7, 11) is 0. The van der Waals surface area contributed by atoms with Crippen LogP contribution >= 0.6 is 11.8 Å². The monoisotopic (exact) mass is 194 g/mol. The fourth-order valence-electron chi connectivity index (χ4n) is 1.64. The Morgan fingerprint density at radius 3 is 3.15 bits per heavy atom. The maximum absolute atomic E-state index is 5.57. The summed E-state index contributed by atoms with van der Waals surface area (Å²) in [6.07, 6.45) is 5.13. The van der Waals surface area contributed by atoms with Gasteiger partial charge in [0.2, 0.25) is 0 Å². The Morgan fingerprint density at radius 2 is 2.46 bits per heavy atom. The number of nitrogens with two attached hydrogens (primary N) is 1. The fourth-order valence-corrected chi connectivity index (χ4v) is 2.90. The van der Waals surface area contributed by atoms with Crippen molar-refractivity contribution < 1.29 is 0 Å². The van der Waals surface area contributed by atoms with Gasteiger partial charge in [-0.15, -0.1) is 0 Å². The third kappa shape index (κ3) is 2.03. The van der Waals surface area contributed by atoms with Crippen molar-refractivity contribution >= 4 is 11.8 Å². The van der Waals surface area contributed by atoms with Crippen LogP contribution in [0.1, 0.15) is 23.5 Å². The average Bonchev–Trinajstić information content (AvgIpc) is 2.71. The number of hydrogen-bond donors (Lipinski definition) is 1. The lowest BCUT2D eigenvalue weighted by Crippen LogP contribution is -2.01. The van der Waals surface area contributed by atoms with Crippen molar-refractivity contribution in [3.8, 4) is 0 Å². The highest BCUT2D eigenvalue weighted by atomic mass is 32.2. The molecule has 0 spiro atoms. The van der Waals surface area contributed by atoms with E-state index in [4.69, 9.17) is 5.73 Å². The van der Waals surface area contributed by atoms with Crippen LogP contribution in [0.15, 0.2) is 18.5 Å². The molecular formula is C10H14N2S. The molecule has 2 heterocycles. The number of thioether (sulfide) groups is 1. The largest absolute Gasteiger partial charge is 0.326 e. The number of pyridine rings is 1. The van der Waals surface area contributed by atoms with Crippen LogP contribution in [-0.4, -0.2) is 16.5 Å². The first-order valence-corrected chi connectivity index (χ1v) is 5.77. The number of aromatic nitrogens is 1. The first kappa shape index (κ1) is 9.03. The maximum Gasteiger partial charge on any atom is 0.0312 e. The molecule has 2 nitrogen and oxygen atoms in total. The van der Waals surface area contributed by atoms with Crippen molar-refractivity contribution in [3.63, 3.8) is 0 Å². The standard InChI is InChI=1S/C10H14N2S/c11-4-8-3-10(6-12-5-8)9-1-2-13-7-9/h3,5-6,9H,1-2,4,7,11H2. The Hall–Kier alpha value is -0.540. The summed E-state index contributed by atoms with van der Waals surface area (Å²) in [5, 5.41) is 0. The van der Waals surface area contributed by atoms with Crippen LogP contribution in [0.25, 0.3) is 0 Å². The molecule has 0 saturated carbocycles. The lowest BCUT2D eigenvalue weighted by molar-refractivity contribution is 0.773. The average molecular weight is 194 g/mol. The Kier molecular flexibility index (Phi) is 2.86. The molecular weight excluding hydrogens is 180 g/mol. The van der Waals surface area contributed by atoms with Crippen molar-refractivity contribution in [1.29, 1.82) is 0 Å². The quantitative estimate of drug-likeness (QED) is 0.779. The summed E-state index contributed by atoms with van der Waals surface area (Å²) in [6.45, 7) is 0.598. The smallest absolute Gasteiger partial charge is 0.0312 e. The molecule has 2 N–H and O–H groups in total. The summed E-state index contributed by atoms with van der Waals surface area (Å²) in [6, 6.07) is 2.20. The normalized spacial score (nSPS) is 22.1. The van der Waals surface area contributed by atoms with Crippen LogP contribution in [0.4, 0.5) is 0 Å². The molecule has 3 heteroatoms. The van der Waals surface area contributed by atoms with Gasteiger partial charge in [-0.3, -0.25) is 4.98 Å². The minimum Gasteiger partial charge on any atom is -0.326 e. The highest BCUT2D eigenvalue weighted by Crippen LogP contribution is 2.31. The van der Waals surface area contributed by atoms with Crippen molar-refractivity contribution in [1.82, 2.24) is 4.98 Å². The molecule has 1 aliphatic rings. The second-order valence-corrected chi connectivity index (χ2v) is 4.54. The zero-order chi connectivity index (χ0) is 9.10. The van der Waals surface area contributed by atoms with E-state index in [0.29, 0.717) is 12.5 Å². The molecule has 0 amide bonds. The highest BCUT2D eigenvalue weighted by molar-refractivity contribution is 7.99. The molecule has 0 aromatic carbocycles. The van der Waals surface area contributed by atoms with Gasteiger partial charge in [0.05, 0.1) is 0 Å². The Labute approximate surface area is 82.9 Å². The number of rotatable bonds is 2. The van der Waals surface area contributed by atoms with Crippen molar-refractivity contribution in [2.24, 2.45) is 5.73 Å². The van der Waals surface area contributed by atoms with Crippen LogP contribution in [0.3, 0.4) is 0 Å².